The second kappa shape index (κ2) is 8.85. The fourth-order valence-corrected chi connectivity index (χ4v) is 6.44. The second-order valence-electron chi connectivity index (χ2n) is 9.26. The molecule has 4 unspecified atom stereocenters. The summed E-state index contributed by atoms with van der Waals surface area (Å²) >= 11 is 3.17. The third-order valence-corrected chi connectivity index (χ3v) is 8.12. The summed E-state index contributed by atoms with van der Waals surface area (Å²) in [5.41, 5.74) is 1.54. The van der Waals surface area contributed by atoms with Gasteiger partial charge in [0.15, 0.2) is 23.1 Å². The van der Waals surface area contributed by atoms with Gasteiger partial charge < -0.3 is 14.9 Å². The topological polar surface area (TPSA) is 138 Å². The molecule has 10 heteroatoms. The molecule has 5 rings (SSSR count). The molecule has 9 nitrogen and oxygen atoms in total. The third-order valence-electron chi connectivity index (χ3n) is 7.53. The van der Waals surface area contributed by atoms with Crippen LogP contribution in [0.15, 0.2) is 51.6 Å². The first kappa shape index (κ1) is 24.2. The molecule has 4 aliphatic rings. The molecule has 1 aliphatic heterocycles. The summed E-state index contributed by atoms with van der Waals surface area (Å²) in [6, 6.07) is 4.89. The maximum atomic E-state index is 13.4. The molecule has 0 bridgehead atoms. The number of ether oxygens (including phenoxy) is 1. The van der Waals surface area contributed by atoms with Gasteiger partial charge in [0.1, 0.15) is 0 Å². The molecule has 1 aromatic rings. The molecule has 1 heterocycles. The lowest BCUT2D eigenvalue weighted by atomic mass is 9.59. The standard InChI is InChI=1S/C26H22BrNO8/c1-36-18-4-2-3-12(24(18)33)20-11-5-6-13-21(26(35)28(25(13)34)8-7-19(30)31)14(11)9-15-22(20)17(29)10-16(27)23(15)32/h2-5,10,13-14,20-21,33H,6-9H2,1H3,(H,30,31). The molecule has 2 amide bonds. The first-order valence-electron chi connectivity index (χ1n) is 11.5. The number of imide groups is 1. The van der Waals surface area contributed by atoms with Crippen molar-refractivity contribution in [1.29, 1.82) is 0 Å². The Bertz CT molecular complexity index is 1340. The van der Waals surface area contributed by atoms with Crippen molar-refractivity contribution in [3.63, 3.8) is 0 Å². The predicted molar refractivity (Wildman–Crippen MR) is 128 cm³/mol. The summed E-state index contributed by atoms with van der Waals surface area (Å²) in [6.07, 6.45) is 3.01. The summed E-state index contributed by atoms with van der Waals surface area (Å²) in [7, 11) is 1.40. The van der Waals surface area contributed by atoms with Gasteiger partial charge in [-0.25, -0.2) is 0 Å². The molecular weight excluding hydrogens is 534 g/mol. The number of aromatic hydroxyl groups is 1. The van der Waals surface area contributed by atoms with Gasteiger partial charge in [-0.2, -0.15) is 0 Å². The van der Waals surface area contributed by atoms with Crippen molar-refractivity contribution in [2.75, 3.05) is 13.7 Å². The fourth-order valence-electron chi connectivity index (χ4n) is 5.99. The Morgan fingerprint density at radius 3 is 2.61 bits per heavy atom. The molecular formula is C26H22BrNO8. The van der Waals surface area contributed by atoms with Crippen LogP contribution >= 0.6 is 15.9 Å². The van der Waals surface area contributed by atoms with E-state index in [1.165, 1.54) is 13.2 Å². The zero-order valence-electron chi connectivity index (χ0n) is 19.2. The maximum absolute atomic E-state index is 13.4. The Hall–Kier alpha value is -3.53. The van der Waals surface area contributed by atoms with Crippen LogP contribution in [0.5, 0.6) is 11.5 Å². The van der Waals surface area contributed by atoms with Crippen LogP contribution in [-0.2, 0) is 24.0 Å². The van der Waals surface area contributed by atoms with E-state index in [1.807, 2.05) is 6.08 Å². The van der Waals surface area contributed by atoms with Gasteiger partial charge in [-0.1, -0.05) is 23.8 Å². The molecule has 4 atom stereocenters. The van der Waals surface area contributed by atoms with E-state index in [0.29, 0.717) is 11.1 Å². The van der Waals surface area contributed by atoms with Crippen LogP contribution in [0.3, 0.4) is 0 Å². The van der Waals surface area contributed by atoms with Crippen LogP contribution in [-0.4, -0.2) is 58.1 Å². The summed E-state index contributed by atoms with van der Waals surface area (Å²) in [6.45, 7) is -0.220. The Labute approximate surface area is 214 Å². The smallest absolute Gasteiger partial charge is 0.305 e. The van der Waals surface area contributed by atoms with Gasteiger partial charge in [0.25, 0.3) is 0 Å². The molecule has 3 aliphatic carbocycles. The lowest BCUT2D eigenvalue weighted by Crippen LogP contribution is -2.39. The lowest BCUT2D eigenvalue weighted by Gasteiger charge is -2.42. The van der Waals surface area contributed by atoms with E-state index in [9.17, 15) is 29.1 Å². The molecule has 2 N–H and O–H groups in total. The van der Waals surface area contributed by atoms with E-state index < -0.39 is 41.5 Å². The van der Waals surface area contributed by atoms with E-state index in [1.54, 1.807) is 18.2 Å². The number of amides is 2. The molecule has 1 aromatic carbocycles. The number of phenolic OH excluding ortho intramolecular Hbond substituents is 1. The van der Waals surface area contributed by atoms with Crippen LogP contribution in [0.1, 0.15) is 30.7 Å². The maximum Gasteiger partial charge on any atom is 0.305 e. The highest BCUT2D eigenvalue weighted by molar-refractivity contribution is 9.12. The highest BCUT2D eigenvalue weighted by Gasteiger charge is 2.56. The highest BCUT2D eigenvalue weighted by Crippen LogP contribution is 2.56. The fraction of sp³-hybridized carbons (Fsp3) is 0.346. The van der Waals surface area contributed by atoms with Crippen molar-refractivity contribution in [1.82, 2.24) is 4.90 Å². The lowest BCUT2D eigenvalue weighted by molar-refractivity contribution is -0.142. The van der Waals surface area contributed by atoms with E-state index in [2.05, 4.69) is 15.9 Å². The first-order chi connectivity index (χ1) is 17.1. The monoisotopic (exact) mass is 555 g/mol. The number of carbonyl (C=O) groups excluding carboxylic acids is 4. The molecule has 0 radical (unpaired) electrons. The number of carboxylic acid groups (broad SMARTS) is 1. The number of Topliss-reactive ketones (excluding diaryl/α,β-unsaturated/α-hetero) is 1. The number of hydrogen-bond acceptors (Lipinski definition) is 7. The Morgan fingerprint density at radius 1 is 1.17 bits per heavy atom. The van der Waals surface area contributed by atoms with Gasteiger partial charge in [0.05, 0.1) is 29.8 Å². The van der Waals surface area contributed by atoms with Gasteiger partial charge in [-0.15, -0.1) is 0 Å². The number of likely N-dealkylation sites (tertiary alicyclic amines) is 1. The number of halogens is 1. The largest absolute Gasteiger partial charge is 0.504 e. The number of phenols is 1. The van der Waals surface area contributed by atoms with Gasteiger partial charge in [0.2, 0.25) is 11.8 Å². The minimum Gasteiger partial charge on any atom is -0.504 e. The predicted octanol–water partition coefficient (Wildman–Crippen LogP) is 2.64. The summed E-state index contributed by atoms with van der Waals surface area (Å²) in [5.74, 6) is -5.57. The minimum atomic E-state index is -1.12. The van der Waals surface area contributed by atoms with E-state index in [-0.39, 0.29) is 64.5 Å². The van der Waals surface area contributed by atoms with Gasteiger partial charge in [-0.3, -0.25) is 28.9 Å². The Kier molecular flexibility index (Phi) is 5.94. The average Bonchev–Trinajstić information content (AvgIpc) is 3.09. The third kappa shape index (κ3) is 3.54. The number of aliphatic carboxylic acids is 1. The van der Waals surface area contributed by atoms with Gasteiger partial charge in [0, 0.05) is 35.2 Å². The summed E-state index contributed by atoms with van der Waals surface area (Å²) in [4.78, 5) is 65.0. The van der Waals surface area contributed by atoms with Gasteiger partial charge >= 0.3 is 5.97 Å². The number of rotatable bonds is 5. The Morgan fingerprint density at radius 2 is 1.92 bits per heavy atom. The SMILES string of the molecule is COc1cccc(C2C3=CCC4C(=O)N(CCC(=O)O)C(=O)C4C3CC3=C2C(=O)C=C(Br)C3=O)c1O. The normalized spacial score (nSPS) is 27.3. The number of nitrogens with zero attached hydrogens (tertiary/aromatic N) is 1. The summed E-state index contributed by atoms with van der Waals surface area (Å²) < 4.78 is 5.37. The number of carboxylic acids is 1. The molecule has 36 heavy (non-hydrogen) atoms. The second-order valence-corrected chi connectivity index (χ2v) is 10.1. The zero-order valence-corrected chi connectivity index (χ0v) is 20.8. The molecule has 0 saturated carbocycles. The van der Waals surface area contributed by atoms with Crippen LogP contribution < -0.4 is 4.74 Å². The highest BCUT2D eigenvalue weighted by atomic mass is 79.9. The number of methoxy groups -OCH3 is 1. The van der Waals surface area contributed by atoms with Crippen molar-refractivity contribution >= 4 is 45.3 Å². The van der Waals surface area contributed by atoms with Crippen molar-refractivity contribution in [3.05, 3.63) is 57.1 Å². The number of allylic oxidation sites excluding steroid dienone is 6. The van der Waals surface area contributed by atoms with Crippen LogP contribution in [0.4, 0.5) is 0 Å². The molecule has 1 fully saturated rings. The number of ketones is 2. The number of hydrogen-bond donors (Lipinski definition) is 2. The number of fused-ring (bicyclic) bond motifs is 3. The van der Waals surface area contributed by atoms with Crippen molar-refractivity contribution in [2.45, 2.75) is 25.2 Å². The first-order valence-corrected chi connectivity index (χ1v) is 12.3. The van der Waals surface area contributed by atoms with Crippen molar-refractivity contribution in [2.24, 2.45) is 17.8 Å². The number of carbonyl (C=O) groups is 5. The quantitative estimate of drug-likeness (QED) is 0.321. The average molecular weight is 556 g/mol. The zero-order chi connectivity index (χ0) is 25.9. The molecule has 1 saturated heterocycles. The van der Waals surface area contributed by atoms with Crippen LogP contribution in [0, 0.1) is 17.8 Å². The summed E-state index contributed by atoms with van der Waals surface area (Å²) in [5, 5.41) is 20.0. The Balaban J connectivity index is 1.65. The van der Waals surface area contributed by atoms with E-state index >= 15 is 0 Å². The number of para-hydroxylation sites is 1. The number of benzene rings is 1. The van der Waals surface area contributed by atoms with E-state index in [0.717, 1.165) is 4.90 Å². The van der Waals surface area contributed by atoms with Crippen molar-refractivity contribution < 1.29 is 38.9 Å². The molecule has 0 aromatic heterocycles. The van der Waals surface area contributed by atoms with E-state index in [4.69, 9.17) is 9.84 Å². The van der Waals surface area contributed by atoms with Crippen LogP contribution in [0.2, 0.25) is 0 Å². The van der Waals surface area contributed by atoms with Crippen LogP contribution in [0.25, 0.3) is 0 Å². The van der Waals surface area contributed by atoms with Crippen molar-refractivity contribution in [3.8, 4) is 11.5 Å². The minimum absolute atomic E-state index is 0.0862. The molecule has 186 valence electrons. The molecule has 0 spiro atoms. The van der Waals surface area contributed by atoms with Gasteiger partial charge in [-0.05, 0) is 40.8 Å².